The first kappa shape index (κ1) is 22.4. The Balaban J connectivity index is 0.000000791. The largest absolute Gasteiger partial charge is 0.303 e. The van der Waals surface area contributed by atoms with Crippen LogP contribution in [0, 0.1) is 5.92 Å². The van der Waals surface area contributed by atoms with Crippen LogP contribution in [0.15, 0.2) is 60.7 Å². The maximum Gasteiger partial charge on any atom is 0.0119 e. The summed E-state index contributed by atoms with van der Waals surface area (Å²) in [6, 6.07) is 22.2. The van der Waals surface area contributed by atoms with Crippen molar-refractivity contribution >= 4 is 0 Å². The molecule has 0 bridgehead atoms. The molecule has 1 aliphatic rings. The second-order valence-corrected chi connectivity index (χ2v) is 6.48. The zero-order valence-electron chi connectivity index (χ0n) is 17.6. The molecule has 1 aliphatic heterocycles. The lowest BCUT2D eigenvalue weighted by Gasteiger charge is -2.36. The molecule has 2 aromatic carbocycles. The fourth-order valence-corrected chi connectivity index (χ4v) is 3.88. The monoisotopic (exact) mass is 353 g/mol. The lowest BCUT2D eigenvalue weighted by molar-refractivity contribution is 0.175. The standard InChI is InChI=1S/C21H27N.2C2H6/c1-2-15-22-16-13-20(14-17-22)21(18-9-5-3-6-10-18)19-11-7-4-8-12-19;2*1-2/h3-12,20-21H,2,13-17H2,1H3;2*1-2H3. The molecule has 144 valence electrons. The van der Waals surface area contributed by atoms with Gasteiger partial charge in [0.1, 0.15) is 0 Å². The Bertz CT molecular complexity index is 501. The topological polar surface area (TPSA) is 3.24 Å². The van der Waals surface area contributed by atoms with Crippen LogP contribution in [0.3, 0.4) is 0 Å². The van der Waals surface area contributed by atoms with Crippen LogP contribution in [-0.4, -0.2) is 24.5 Å². The molecular weight excluding hydrogens is 314 g/mol. The van der Waals surface area contributed by atoms with Crippen LogP contribution in [0.5, 0.6) is 0 Å². The second-order valence-electron chi connectivity index (χ2n) is 6.48. The van der Waals surface area contributed by atoms with Crippen molar-refractivity contribution in [1.29, 1.82) is 0 Å². The Morgan fingerprint density at radius 3 is 1.58 bits per heavy atom. The average Bonchev–Trinajstić information content (AvgIpc) is 2.74. The van der Waals surface area contributed by atoms with E-state index in [4.69, 9.17) is 0 Å². The Morgan fingerprint density at radius 1 is 0.769 bits per heavy atom. The highest BCUT2D eigenvalue weighted by Gasteiger charge is 2.28. The first-order chi connectivity index (χ1) is 12.9. The van der Waals surface area contributed by atoms with E-state index in [9.17, 15) is 0 Å². The molecule has 0 aromatic heterocycles. The van der Waals surface area contributed by atoms with E-state index >= 15 is 0 Å². The Morgan fingerprint density at radius 2 is 1.19 bits per heavy atom. The summed E-state index contributed by atoms with van der Waals surface area (Å²) in [5, 5.41) is 0. The van der Waals surface area contributed by atoms with Crippen molar-refractivity contribution in [2.24, 2.45) is 5.92 Å². The molecule has 2 aromatic rings. The third-order valence-corrected chi connectivity index (χ3v) is 4.96. The van der Waals surface area contributed by atoms with E-state index in [2.05, 4.69) is 72.5 Å². The van der Waals surface area contributed by atoms with E-state index in [1.54, 1.807) is 0 Å². The van der Waals surface area contributed by atoms with Gasteiger partial charge in [0.05, 0.1) is 0 Å². The van der Waals surface area contributed by atoms with E-state index in [1.165, 1.54) is 50.0 Å². The van der Waals surface area contributed by atoms with Gasteiger partial charge < -0.3 is 4.90 Å². The van der Waals surface area contributed by atoms with Gasteiger partial charge in [-0.25, -0.2) is 0 Å². The van der Waals surface area contributed by atoms with Crippen molar-refractivity contribution in [2.75, 3.05) is 19.6 Å². The molecule has 0 amide bonds. The molecule has 26 heavy (non-hydrogen) atoms. The van der Waals surface area contributed by atoms with Gasteiger partial charge >= 0.3 is 0 Å². The molecule has 1 nitrogen and oxygen atoms in total. The zero-order valence-corrected chi connectivity index (χ0v) is 17.6. The average molecular weight is 354 g/mol. The number of hydrogen-bond donors (Lipinski definition) is 0. The maximum absolute atomic E-state index is 2.63. The summed E-state index contributed by atoms with van der Waals surface area (Å²) in [6.07, 6.45) is 3.90. The minimum absolute atomic E-state index is 0.547. The molecule has 1 fully saturated rings. The summed E-state index contributed by atoms with van der Waals surface area (Å²) in [7, 11) is 0. The molecule has 0 aliphatic carbocycles. The Labute approximate surface area is 162 Å². The molecule has 0 saturated carbocycles. The van der Waals surface area contributed by atoms with E-state index < -0.39 is 0 Å². The minimum Gasteiger partial charge on any atom is -0.303 e. The molecule has 0 radical (unpaired) electrons. The van der Waals surface area contributed by atoms with Crippen molar-refractivity contribution in [3.8, 4) is 0 Å². The lowest BCUT2D eigenvalue weighted by Crippen LogP contribution is -2.36. The van der Waals surface area contributed by atoms with Gasteiger partial charge in [0.25, 0.3) is 0 Å². The molecular formula is C25H39N. The van der Waals surface area contributed by atoms with Crippen molar-refractivity contribution in [2.45, 2.75) is 59.8 Å². The fraction of sp³-hybridized carbons (Fsp3) is 0.520. The van der Waals surface area contributed by atoms with Crippen LogP contribution in [0.25, 0.3) is 0 Å². The summed E-state index contributed by atoms with van der Waals surface area (Å²) < 4.78 is 0. The van der Waals surface area contributed by atoms with E-state index in [0.717, 1.165) is 5.92 Å². The maximum atomic E-state index is 2.63. The minimum atomic E-state index is 0.547. The van der Waals surface area contributed by atoms with Gasteiger partial charge in [0.2, 0.25) is 0 Å². The fourth-order valence-electron chi connectivity index (χ4n) is 3.88. The third-order valence-electron chi connectivity index (χ3n) is 4.96. The van der Waals surface area contributed by atoms with Crippen LogP contribution in [0.4, 0.5) is 0 Å². The van der Waals surface area contributed by atoms with Crippen LogP contribution in [0.1, 0.15) is 70.9 Å². The van der Waals surface area contributed by atoms with Crippen molar-refractivity contribution in [3.05, 3.63) is 71.8 Å². The van der Waals surface area contributed by atoms with Crippen molar-refractivity contribution in [1.82, 2.24) is 4.90 Å². The predicted octanol–water partition coefficient (Wildman–Crippen LogP) is 6.99. The van der Waals surface area contributed by atoms with Gasteiger partial charge in [0.15, 0.2) is 0 Å². The number of piperidine rings is 1. The number of nitrogens with zero attached hydrogens (tertiary/aromatic N) is 1. The van der Waals surface area contributed by atoms with E-state index in [1.807, 2.05) is 27.7 Å². The summed E-state index contributed by atoms with van der Waals surface area (Å²) in [5.74, 6) is 1.31. The number of rotatable bonds is 5. The Hall–Kier alpha value is -1.60. The number of hydrogen-bond acceptors (Lipinski definition) is 1. The third kappa shape index (κ3) is 6.61. The molecule has 1 heteroatoms. The number of benzene rings is 2. The highest BCUT2D eigenvalue weighted by atomic mass is 15.1. The molecule has 0 atom stereocenters. The van der Waals surface area contributed by atoms with E-state index in [0.29, 0.717) is 5.92 Å². The molecule has 0 N–H and O–H groups in total. The summed E-state index contributed by atoms with van der Waals surface area (Å²) >= 11 is 0. The first-order valence-electron chi connectivity index (χ1n) is 10.7. The van der Waals surface area contributed by atoms with Gasteiger partial charge in [0, 0.05) is 5.92 Å². The van der Waals surface area contributed by atoms with Crippen LogP contribution in [-0.2, 0) is 0 Å². The Kier molecular flexibility index (Phi) is 11.7. The first-order valence-corrected chi connectivity index (χ1v) is 10.7. The van der Waals surface area contributed by atoms with Crippen LogP contribution in [0.2, 0.25) is 0 Å². The van der Waals surface area contributed by atoms with Crippen LogP contribution >= 0.6 is 0 Å². The molecule has 1 saturated heterocycles. The summed E-state index contributed by atoms with van der Waals surface area (Å²) in [5.41, 5.74) is 2.95. The van der Waals surface area contributed by atoms with Gasteiger partial charge in [-0.2, -0.15) is 0 Å². The normalized spacial score (nSPS) is 14.8. The van der Waals surface area contributed by atoms with Gasteiger partial charge in [-0.1, -0.05) is 95.3 Å². The summed E-state index contributed by atoms with van der Waals surface area (Å²) in [4.78, 5) is 2.63. The molecule has 3 rings (SSSR count). The second kappa shape index (κ2) is 13.6. The zero-order chi connectivity index (χ0) is 19.2. The van der Waals surface area contributed by atoms with Gasteiger partial charge in [-0.05, 0) is 55.9 Å². The van der Waals surface area contributed by atoms with Gasteiger partial charge in [-0.15, -0.1) is 0 Å². The van der Waals surface area contributed by atoms with E-state index in [-0.39, 0.29) is 0 Å². The van der Waals surface area contributed by atoms with Crippen LogP contribution < -0.4 is 0 Å². The summed E-state index contributed by atoms with van der Waals surface area (Å²) in [6.45, 7) is 14.1. The van der Waals surface area contributed by atoms with Gasteiger partial charge in [-0.3, -0.25) is 0 Å². The number of likely N-dealkylation sites (tertiary alicyclic amines) is 1. The highest BCUT2D eigenvalue weighted by molar-refractivity contribution is 5.33. The van der Waals surface area contributed by atoms with Crippen molar-refractivity contribution in [3.63, 3.8) is 0 Å². The highest BCUT2D eigenvalue weighted by Crippen LogP contribution is 2.37. The quantitative estimate of drug-likeness (QED) is 0.559. The predicted molar refractivity (Wildman–Crippen MR) is 117 cm³/mol. The molecule has 1 heterocycles. The lowest BCUT2D eigenvalue weighted by atomic mass is 9.76. The smallest absolute Gasteiger partial charge is 0.0119 e. The van der Waals surface area contributed by atoms with Crippen molar-refractivity contribution < 1.29 is 0 Å². The SMILES string of the molecule is CC.CC.CCCN1CCC(C(c2ccccc2)c2ccccc2)CC1. The molecule has 0 unspecified atom stereocenters. The molecule has 0 spiro atoms.